The van der Waals surface area contributed by atoms with Gasteiger partial charge in [-0.15, -0.1) is 0 Å². The second-order valence-corrected chi connectivity index (χ2v) is 19.6. The number of aromatic nitrogens is 1. The first-order valence-electron chi connectivity index (χ1n) is 24.1. The zero-order valence-electron chi connectivity index (χ0n) is 38.2. The van der Waals surface area contributed by atoms with Gasteiger partial charge in [0.05, 0.1) is 11.0 Å². The summed E-state index contributed by atoms with van der Waals surface area (Å²) in [5, 5.41) is 14.9. The van der Waals surface area contributed by atoms with E-state index in [2.05, 4.69) is 243 Å². The van der Waals surface area contributed by atoms with E-state index in [1.807, 2.05) is 0 Å². The summed E-state index contributed by atoms with van der Waals surface area (Å²) in [5.74, 6) is 0. The highest BCUT2D eigenvalue weighted by Gasteiger charge is 2.36. The van der Waals surface area contributed by atoms with Gasteiger partial charge in [-0.3, -0.25) is 0 Å². The number of rotatable bonds is 4. The van der Waals surface area contributed by atoms with Crippen LogP contribution in [0.15, 0.2) is 229 Å². The third-order valence-corrected chi connectivity index (χ3v) is 15.5. The summed E-state index contributed by atoms with van der Waals surface area (Å²) < 4.78 is 8.97. The minimum Gasteiger partial charge on any atom is -0.456 e. The lowest BCUT2D eigenvalue weighted by molar-refractivity contribution is 0.661. The van der Waals surface area contributed by atoms with E-state index in [9.17, 15) is 0 Å². The predicted octanol–water partition coefficient (Wildman–Crippen LogP) is 18.6. The molecule has 0 amide bonds. The molecular formula is C67H43NO. The van der Waals surface area contributed by atoms with Crippen molar-refractivity contribution in [3.8, 4) is 50.2 Å². The van der Waals surface area contributed by atoms with Gasteiger partial charge in [-0.25, -0.2) is 0 Å². The maximum Gasteiger partial charge on any atom is 0.135 e. The fourth-order valence-corrected chi connectivity index (χ4v) is 12.2. The molecule has 12 aromatic carbocycles. The smallest absolute Gasteiger partial charge is 0.135 e. The van der Waals surface area contributed by atoms with Crippen LogP contribution in [0, 0.1) is 0 Å². The molecule has 0 saturated heterocycles. The van der Waals surface area contributed by atoms with Crippen LogP contribution >= 0.6 is 0 Å². The predicted molar refractivity (Wildman–Crippen MR) is 292 cm³/mol. The van der Waals surface area contributed by atoms with Gasteiger partial charge < -0.3 is 8.98 Å². The van der Waals surface area contributed by atoms with E-state index in [0.717, 1.165) is 27.6 Å². The summed E-state index contributed by atoms with van der Waals surface area (Å²) in [4.78, 5) is 0. The lowest BCUT2D eigenvalue weighted by Gasteiger charge is -2.22. The quantitative estimate of drug-likeness (QED) is 0.161. The highest BCUT2D eigenvalue weighted by molar-refractivity contribution is 6.29. The van der Waals surface area contributed by atoms with Crippen molar-refractivity contribution in [3.63, 3.8) is 0 Å². The summed E-state index contributed by atoms with van der Waals surface area (Å²) in [6.45, 7) is 4.74. The number of hydrogen-bond donors (Lipinski definition) is 0. The van der Waals surface area contributed by atoms with Crippen LogP contribution in [0.5, 0.6) is 0 Å². The number of hydrogen-bond acceptors (Lipinski definition) is 1. The largest absolute Gasteiger partial charge is 0.456 e. The number of benzene rings is 12. The molecule has 0 saturated carbocycles. The van der Waals surface area contributed by atoms with Crippen molar-refractivity contribution in [2.24, 2.45) is 0 Å². The van der Waals surface area contributed by atoms with E-state index in [-0.39, 0.29) is 5.41 Å². The van der Waals surface area contributed by atoms with Gasteiger partial charge in [0, 0.05) is 32.6 Å². The minimum absolute atomic E-state index is 0.105. The van der Waals surface area contributed by atoms with Crippen LogP contribution in [0.3, 0.4) is 0 Å². The molecule has 0 aliphatic heterocycles. The van der Waals surface area contributed by atoms with Crippen LogP contribution in [0.4, 0.5) is 0 Å². The monoisotopic (exact) mass is 877 g/mol. The second kappa shape index (κ2) is 14.2. The summed E-state index contributed by atoms with van der Waals surface area (Å²) in [6.07, 6.45) is 0. The Bertz CT molecular complexity index is 4510. The van der Waals surface area contributed by atoms with Crippen molar-refractivity contribution in [1.82, 2.24) is 4.57 Å². The van der Waals surface area contributed by atoms with E-state index in [1.54, 1.807) is 0 Å². The van der Waals surface area contributed by atoms with Gasteiger partial charge in [-0.1, -0.05) is 172 Å². The molecule has 1 aliphatic rings. The van der Waals surface area contributed by atoms with Crippen molar-refractivity contribution in [1.29, 1.82) is 0 Å². The van der Waals surface area contributed by atoms with E-state index in [1.165, 1.54) is 121 Å². The molecule has 2 nitrogen and oxygen atoms in total. The third-order valence-electron chi connectivity index (χ3n) is 15.5. The van der Waals surface area contributed by atoms with E-state index in [0.29, 0.717) is 0 Å². The molecule has 0 spiro atoms. The Labute approximate surface area is 398 Å². The molecule has 14 aromatic rings. The van der Waals surface area contributed by atoms with Gasteiger partial charge in [-0.2, -0.15) is 0 Å². The van der Waals surface area contributed by atoms with Crippen LogP contribution in [-0.2, 0) is 5.41 Å². The maximum absolute atomic E-state index is 6.52. The second-order valence-electron chi connectivity index (χ2n) is 19.6. The molecule has 322 valence electrons. The van der Waals surface area contributed by atoms with E-state index in [4.69, 9.17) is 4.42 Å². The molecule has 15 rings (SSSR count). The number of fused-ring (bicyclic) bond motifs is 17. The Kier molecular flexibility index (Phi) is 7.87. The van der Waals surface area contributed by atoms with Gasteiger partial charge in [0.25, 0.3) is 0 Å². The van der Waals surface area contributed by atoms with Gasteiger partial charge in [0.15, 0.2) is 0 Å². The van der Waals surface area contributed by atoms with Gasteiger partial charge >= 0.3 is 0 Å². The molecule has 2 heterocycles. The van der Waals surface area contributed by atoms with Crippen LogP contribution in [0.1, 0.15) is 25.0 Å². The maximum atomic E-state index is 6.52. The average Bonchev–Trinajstić information content (AvgIpc) is 4.02. The number of furan rings is 1. The molecule has 0 bridgehead atoms. The average molecular weight is 878 g/mol. The van der Waals surface area contributed by atoms with Crippen molar-refractivity contribution < 1.29 is 4.42 Å². The molecule has 1 aliphatic carbocycles. The Morgan fingerprint density at radius 2 is 0.884 bits per heavy atom. The molecule has 69 heavy (non-hydrogen) atoms. The minimum atomic E-state index is -0.105. The van der Waals surface area contributed by atoms with E-state index >= 15 is 0 Å². The van der Waals surface area contributed by atoms with Crippen LogP contribution in [0.25, 0.3) is 137 Å². The standard InChI is InChI=1S/C67H43NO/c1-67(2)60-30-25-41-15-6-7-18-48(41)66(60)53-29-24-46(37-61(53)67)45-27-32-65-59(36-45)58-35-44(26-31-64(58)69-65)43-23-28-51-54(34-43)49-19-8-9-20-50(49)56-39-63-57(38-55(51)56)52-21-10-11-22-62(52)68(63)47-17-12-16-42(33-47)40-13-4-3-5-14-40/h3-39H,1-2H3. The molecule has 0 unspecified atom stereocenters. The Balaban J connectivity index is 0.862. The molecular weight excluding hydrogens is 835 g/mol. The number of para-hydroxylation sites is 1. The van der Waals surface area contributed by atoms with Crippen molar-refractivity contribution in [2.75, 3.05) is 0 Å². The molecule has 2 heteroatoms. The van der Waals surface area contributed by atoms with Crippen LogP contribution < -0.4 is 0 Å². The topological polar surface area (TPSA) is 18.1 Å². The molecule has 0 radical (unpaired) electrons. The Morgan fingerprint density at radius 3 is 1.65 bits per heavy atom. The van der Waals surface area contributed by atoms with Gasteiger partial charge in [-0.05, 0) is 165 Å². The summed E-state index contributed by atoms with van der Waals surface area (Å²) >= 11 is 0. The Hall–Kier alpha value is -8.72. The SMILES string of the molecule is CC1(C)c2cc(-c3ccc4oc5ccc(-c6ccc7c(c6)c6ccccc6c6cc8c(cc76)c6ccccc6n8-c6cccc(-c7ccccc7)c6)cc5c4c3)ccc2-c2c1ccc1ccccc21. The zero-order valence-corrected chi connectivity index (χ0v) is 38.2. The summed E-state index contributed by atoms with van der Waals surface area (Å²) in [5.41, 5.74) is 17.9. The van der Waals surface area contributed by atoms with Crippen LogP contribution in [-0.4, -0.2) is 4.57 Å². The van der Waals surface area contributed by atoms with Crippen molar-refractivity contribution >= 4 is 86.8 Å². The highest BCUT2D eigenvalue weighted by Crippen LogP contribution is 2.52. The number of nitrogens with zero attached hydrogens (tertiary/aromatic N) is 1. The summed E-state index contributed by atoms with van der Waals surface area (Å²) in [6, 6.07) is 83.2. The molecule has 0 fully saturated rings. The highest BCUT2D eigenvalue weighted by atomic mass is 16.3. The molecule has 2 aromatic heterocycles. The van der Waals surface area contributed by atoms with Crippen LogP contribution in [0.2, 0.25) is 0 Å². The van der Waals surface area contributed by atoms with E-state index < -0.39 is 0 Å². The zero-order chi connectivity index (χ0) is 45.5. The lowest BCUT2D eigenvalue weighted by atomic mass is 9.81. The fourth-order valence-electron chi connectivity index (χ4n) is 12.2. The molecule has 0 N–H and O–H groups in total. The van der Waals surface area contributed by atoms with Gasteiger partial charge in [0.2, 0.25) is 0 Å². The normalized spacial score (nSPS) is 13.2. The summed E-state index contributed by atoms with van der Waals surface area (Å²) in [7, 11) is 0. The third kappa shape index (κ3) is 5.55. The van der Waals surface area contributed by atoms with Gasteiger partial charge in [0.1, 0.15) is 11.2 Å². The molecule has 0 atom stereocenters. The first-order chi connectivity index (χ1) is 33.9. The first-order valence-corrected chi connectivity index (χ1v) is 24.1. The fraction of sp³-hybridized carbons (Fsp3) is 0.0448. The first kappa shape index (κ1) is 38.4. The Morgan fingerprint density at radius 1 is 0.319 bits per heavy atom. The lowest BCUT2D eigenvalue weighted by Crippen LogP contribution is -2.15. The van der Waals surface area contributed by atoms with Crippen molar-refractivity contribution in [2.45, 2.75) is 19.3 Å². The van der Waals surface area contributed by atoms with Crippen molar-refractivity contribution in [3.05, 3.63) is 236 Å².